The summed E-state index contributed by atoms with van der Waals surface area (Å²) in [7, 11) is 0. The maximum atomic E-state index is 13.3. The number of Topliss-reactive ketones (excluding diaryl/α,β-unsaturated/α-hetero) is 1. The molecule has 0 fully saturated rings. The Morgan fingerprint density at radius 1 is 1.00 bits per heavy atom. The molecule has 3 aromatic heterocycles. The molecule has 1 N–H and O–H groups in total. The zero-order valence-electron chi connectivity index (χ0n) is 20.3. The molecule has 2 aromatic carbocycles. The van der Waals surface area contributed by atoms with Gasteiger partial charge in [-0.05, 0) is 48.4 Å². The fraction of sp³-hybridized carbons (Fsp3) is 0.103. The SMILES string of the molecule is Cc1[nH]cc(C(=O)Cc2ccc(Oc3ccnc4cc(C(F)(F)F)cnc34)cc2)c(=O)c1-c1ccc(F)cc1. The molecule has 0 unspecified atom stereocenters. The Balaban J connectivity index is 1.34. The lowest BCUT2D eigenvalue weighted by Gasteiger charge is -2.11. The molecule has 0 spiro atoms. The predicted molar refractivity (Wildman–Crippen MR) is 136 cm³/mol. The normalized spacial score (nSPS) is 11.5. The van der Waals surface area contributed by atoms with Gasteiger partial charge in [0.15, 0.2) is 17.0 Å². The highest BCUT2D eigenvalue weighted by Gasteiger charge is 2.31. The van der Waals surface area contributed by atoms with Crippen molar-refractivity contribution in [3.63, 3.8) is 0 Å². The number of hydrogen-bond donors (Lipinski definition) is 1. The van der Waals surface area contributed by atoms with Crippen LogP contribution in [0.3, 0.4) is 0 Å². The van der Waals surface area contributed by atoms with E-state index in [1.165, 1.54) is 42.7 Å². The van der Waals surface area contributed by atoms with Crippen molar-refractivity contribution in [1.29, 1.82) is 0 Å². The van der Waals surface area contributed by atoms with Crippen molar-refractivity contribution < 1.29 is 27.1 Å². The van der Waals surface area contributed by atoms with E-state index in [2.05, 4.69) is 15.0 Å². The maximum absolute atomic E-state index is 13.3. The topological polar surface area (TPSA) is 84.9 Å². The van der Waals surface area contributed by atoms with E-state index < -0.39 is 28.8 Å². The van der Waals surface area contributed by atoms with Crippen LogP contribution in [0.5, 0.6) is 11.5 Å². The first kappa shape index (κ1) is 25.8. The number of carbonyl (C=O) groups excluding carboxylic acids is 1. The van der Waals surface area contributed by atoms with Crippen molar-refractivity contribution >= 4 is 16.8 Å². The minimum absolute atomic E-state index is 0.0205. The number of nitrogens with one attached hydrogen (secondary N) is 1. The van der Waals surface area contributed by atoms with E-state index in [0.29, 0.717) is 28.1 Å². The molecular formula is C29H19F4N3O3. The Kier molecular flexibility index (Phi) is 6.69. The number of nitrogens with zero attached hydrogens (tertiary/aromatic N) is 2. The average molecular weight is 533 g/mol. The largest absolute Gasteiger partial charge is 0.455 e. The van der Waals surface area contributed by atoms with Crippen molar-refractivity contribution in [2.45, 2.75) is 19.5 Å². The summed E-state index contributed by atoms with van der Waals surface area (Å²) in [5.74, 6) is -0.251. The van der Waals surface area contributed by atoms with Gasteiger partial charge in [-0.1, -0.05) is 24.3 Å². The number of hydrogen-bond acceptors (Lipinski definition) is 5. The molecule has 0 atom stereocenters. The molecule has 0 amide bonds. The van der Waals surface area contributed by atoms with Gasteiger partial charge < -0.3 is 9.72 Å². The van der Waals surface area contributed by atoms with Crippen LogP contribution in [-0.2, 0) is 12.6 Å². The van der Waals surface area contributed by atoms with Crippen LogP contribution in [-0.4, -0.2) is 20.7 Å². The van der Waals surface area contributed by atoms with Gasteiger partial charge in [0, 0.05) is 42.3 Å². The van der Waals surface area contributed by atoms with E-state index in [1.807, 2.05) is 0 Å². The van der Waals surface area contributed by atoms with Gasteiger partial charge in [-0.25, -0.2) is 4.39 Å². The number of ketones is 1. The first-order valence-electron chi connectivity index (χ1n) is 11.7. The zero-order chi connectivity index (χ0) is 27.7. The van der Waals surface area contributed by atoms with E-state index in [-0.39, 0.29) is 28.8 Å². The molecule has 0 aliphatic rings. The summed E-state index contributed by atoms with van der Waals surface area (Å²) < 4.78 is 58.1. The molecule has 39 heavy (non-hydrogen) atoms. The van der Waals surface area contributed by atoms with Gasteiger partial charge in [0.2, 0.25) is 0 Å². The van der Waals surface area contributed by atoms with Crippen molar-refractivity contribution in [1.82, 2.24) is 15.0 Å². The fourth-order valence-corrected chi connectivity index (χ4v) is 4.12. The Labute approximate surface area is 219 Å². The van der Waals surface area contributed by atoms with Gasteiger partial charge in [-0.15, -0.1) is 0 Å². The van der Waals surface area contributed by atoms with Crippen LogP contribution in [0.4, 0.5) is 17.6 Å². The number of aromatic nitrogens is 3. The molecule has 0 bridgehead atoms. The number of halogens is 4. The predicted octanol–water partition coefficient (Wildman–Crippen LogP) is 6.67. The lowest BCUT2D eigenvalue weighted by Crippen LogP contribution is -2.20. The first-order chi connectivity index (χ1) is 18.6. The van der Waals surface area contributed by atoms with Crippen LogP contribution in [0.1, 0.15) is 27.2 Å². The molecule has 5 rings (SSSR count). The zero-order valence-corrected chi connectivity index (χ0v) is 20.3. The highest BCUT2D eigenvalue weighted by molar-refractivity contribution is 5.98. The minimum Gasteiger partial charge on any atom is -0.455 e. The molecule has 196 valence electrons. The summed E-state index contributed by atoms with van der Waals surface area (Å²) in [6.45, 7) is 1.70. The third kappa shape index (κ3) is 5.40. The average Bonchev–Trinajstić information content (AvgIpc) is 2.90. The highest BCUT2D eigenvalue weighted by atomic mass is 19.4. The van der Waals surface area contributed by atoms with Gasteiger partial charge in [0.05, 0.1) is 16.6 Å². The quantitative estimate of drug-likeness (QED) is 0.195. The van der Waals surface area contributed by atoms with Crippen molar-refractivity contribution in [3.8, 4) is 22.6 Å². The molecular weight excluding hydrogens is 514 g/mol. The van der Waals surface area contributed by atoms with Crippen molar-refractivity contribution in [2.24, 2.45) is 0 Å². The van der Waals surface area contributed by atoms with E-state index in [9.17, 15) is 27.2 Å². The minimum atomic E-state index is -4.54. The van der Waals surface area contributed by atoms with Gasteiger partial charge >= 0.3 is 6.18 Å². The number of rotatable bonds is 6. The summed E-state index contributed by atoms with van der Waals surface area (Å²) in [5.41, 5.74) is 0.783. The molecule has 0 aliphatic carbocycles. The van der Waals surface area contributed by atoms with Crippen molar-refractivity contribution in [2.75, 3.05) is 0 Å². The van der Waals surface area contributed by atoms with Crippen LogP contribution < -0.4 is 10.2 Å². The molecule has 0 saturated heterocycles. The summed E-state index contributed by atoms with van der Waals surface area (Å²) in [6.07, 6.45) is -1.18. The van der Waals surface area contributed by atoms with E-state index >= 15 is 0 Å². The maximum Gasteiger partial charge on any atom is 0.417 e. The summed E-state index contributed by atoms with van der Waals surface area (Å²) >= 11 is 0. The Morgan fingerprint density at radius 2 is 1.72 bits per heavy atom. The Morgan fingerprint density at radius 3 is 2.41 bits per heavy atom. The van der Waals surface area contributed by atoms with Gasteiger partial charge in [-0.2, -0.15) is 13.2 Å². The second-order valence-electron chi connectivity index (χ2n) is 8.78. The molecule has 5 aromatic rings. The molecule has 0 saturated carbocycles. The number of benzene rings is 2. The molecule has 0 aliphatic heterocycles. The summed E-state index contributed by atoms with van der Waals surface area (Å²) in [5, 5.41) is 0. The number of alkyl halides is 3. The van der Waals surface area contributed by atoms with Gasteiger partial charge in [0.1, 0.15) is 17.1 Å². The number of fused-ring (bicyclic) bond motifs is 1. The smallest absolute Gasteiger partial charge is 0.417 e. The lowest BCUT2D eigenvalue weighted by molar-refractivity contribution is -0.137. The summed E-state index contributed by atoms with van der Waals surface area (Å²) in [4.78, 5) is 36.9. The number of pyridine rings is 3. The number of carbonyl (C=O) groups is 1. The van der Waals surface area contributed by atoms with Crippen LogP contribution in [0.15, 0.2) is 84.0 Å². The molecule has 6 nitrogen and oxygen atoms in total. The van der Waals surface area contributed by atoms with E-state index in [0.717, 1.165) is 12.3 Å². The fourth-order valence-electron chi connectivity index (χ4n) is 4.12. The second-order valence-corrected chi connectivity index (χ2v) is 8.78. The lowest BCUT2D eigenvalue weighted by atomic mass is 9.98. The number of aromatic amines is 1. The number of aryl methyl sites for hydroxylation is 1. The van der Waals surface area contributed by atoms with Gasteiger partial charge in [0.25, 0.3) is 0 Å². The molecule has 3 heterocycles. The number of H-pyrrole nitrogens is 1. The Bertz CT molecular complexity index is 1750. The standard InChI is InChI=1S/C29H19F4N3O3/c1-16-26(18-4-6-20(30)7-5-18)28(38)22(15-35-16)24(37)12-17-2-8-21(9-3-17)39-25-10-11-34-23-13-19(29(31,32)33)14-36-27(23)25/h2-11,13-15H,12H2,1H3,(H,35,38). The highest BCUT2D eigenvalue weighted by Crippen LogP contribution is 2.33. The Hall–Kier alpha value is -4.86. The van der Waals surface area contributed by atoms with Crippen LogP contribution in [0.25, 0.3) is 22.2 Å². The number of ether oxygens (including phenoxy) is 1. The first-order valence-corrected chi connectivity index (χ1v) is 11.7. The van der Waals surface area contributed by atoms with Crippen LogP contribution in [0, 0.1) is 12.7 Å². The third-order valence-electron chi connectivity index (χ3n) is 6.10. The van der Waals surface area contributed by atoms with Crippen LogP contribution >= 0.6 is 0 Å². The second kappa shape index (κ2) is 10.1. The molecule has 10 heteroatoms. The van der Waals surface area contributed by atoms with Crippen LogP contribution in [0.2, 0.25) is 0 Å². The third-order valence-corrected chi connectivity index (χ3v) is 6.10. The van der Waals surface area contributed by atoms with E-state index in [4.69, 9.17) is 4.74 Å². The van der Waals surface area contributed by atoms with Gasteiger partial charge in [-0.3, -0.25) is 19.6 Å². The van der Waals surface area contributed by atoms with E-state index in [1.54, 1.807) is 31.2 Å². The summed E-state index contributed by atoms with van der Waals surface area (Å²) in [6, 6.07) is 14.3. The monoisotopic (exact) mass is 533 g/mol. The molecule has 0 radical (unpaired) electrons. The van der Waals surface area contributed by atoms with Crippen molar-refractivity contribution in [3.05, 3.63) is 118 Å².